The van der Waals surface area contributed by atoms with E-state index in [9.17, 15) is 5.11 Å². The Hall–Kier alpha value is -1.28. The van der Waals surface area contributed by atoms with Crippen LogP contribution in [0.15, 0.2) is 30.5 Å². The fourth-order valence-electron chi connectivity index (χ4n) is 2.87. The van der Waals surface area contributed by atoms with E-state index in [2.05, 4.69) is 29.4 Å². The number of rotatable bonds is 1. The molecule has 3 rings (SSSR count). The van der Waals surface area contributed by atoms with Gasteiger partial charge in [-0.3, -0.25) is 0 Å². The number of para-hydroxylation sites is 1. The largest absolute Gasteiger partial charge is 0.392 e. The van der Waals surface area contributed by atoms with E-state index in [4.69, 9.17) is 0 Å². The number of H-pyrrole nitrogens is 1. The molecule has 2 N–H and O–H groups in total. The van der Waals surface area contributed by atoms with Gasteiger partial charge in [-0.25, -0.2) is 0 Å². The Labute approximate surface area is 95.3 Å². The van der Waals surface area contributed by atoms with Gasteiger partial charge in [0, 0.05) is 23.0 Å². The Kier molecular flexibility index (Phi) is 2.44. The van der Waals surface area contributed by atoms with E-state index in [0.717, 1.165) is 12.8 Å². The molecular formula is C14H17NO. The first-order valence-electron chi connectivity index (χ1n) is 6.10. The maximum absolute atomic E-state index is 10.1. The predicted octanol–water partition coefficient (Wildman–Crippen LogP) is 3.19. The fraction of sp³-hybridized carbons (Fsp3) is 0.429. The molecule has 0 spiro atoms. The minimum atomic E-state index is -0.159. The summed E-state index contributed by atoms with van der Waals surface area (Å²) in [6.45, 7) is 0. The van der Waals surface area contributed by atoms with E-state index in [-0.39, 0.29) is 6.10 Å². The molecular weight excluding hydrogens is 198 g/mol. The lowest BCUT2D eigenvalue weighted by atomic mass is 9.82. The summed E-state index contributed by atoms with van der Waals surface area (Å²) < 4.78 is 0. The van der Waals surface area contributed by atoms with Crippen LogP contribution in [0.5, 0.6) is 0 Å². The van der Waals surface area contributed by atoms with Crippen LogP contribution in [0, 0.1) is 0 Å². The van der Waals surface area contributed by atoms with Crippen molar-refractivity contribution in [2.24, 2.45) is 0 Å². The first kappa shape index (κ1) is 9.91. The normalized spacial score (nSPS) is 26.1. The van der Waals surface area contributed by atoms with Crippen molar-refractivity contribution in [1.82, 2.24) is 4.98 Å². The zero-order chi connectivity index (χ0) is 11.0. The van der Waals surface area contributed by atoms with Crippen molar-refractivity contribution in [2.75, 3.05) is 0 Å². The summed E-state index contributed by atoms with van der Waals surface area (Å²) in [7, 11) is 0. The van der Waals surface area contributed by atoms with Gasteiger partial charge in [0.05, 0.1) is 6.10 Å². The first-order chi connectivity index (χ1) is 7.86. The molecule has 1 aromatic heterocycles. The molecule has 0 bridgehead atoms. The van der Waals surface area contributed by atoms with Crippen molar-refractivity contribution in [3.8, 4) is 0 Å². The maximum Gasteiger partial charge on any atom is 0.0609 e. The molecule has 2 heteroatoms. The molecule has 1 saturated carbocycles. The van der Waals surface area contributed by atoms with Crippen LogP contribution >= 0.6 is 0 Å². The van der Waals surface area contributed by atoms with Gasteiger partial charge in [-0.2, -0.15) is 0 Å². The van der Waals surface area contributed by atoms with Crippen molar-refractivity contribution >= 4 is 10.9 Å². The van der Waals surface area contributed by atoms with E-state index in [1.165, 1.54) is 29.3 Å². The van der Waals surface area contributed by atoms with Gasteiger partial charge < -0.3 is 10.1 Å². The van der Waals surface area contributed by atoms with Gasteiger partial charge in [-0.1, -0.05) is 31.0 Å². The molecule has 1 heterocycles. The summed E-state index contributed by atoms with van der Waals surface area (Å²) in [5.41, 5.74) is 2.47. The fourth-order valence-corrected chi connectivity index (χ4v) is 2.87. The summed E-state index contributed by atoms with van der Waals surface area (Å²) in [6, 6.07) is 8.34. The summed E-state index contributed by atoms with van der Waals surface area (Å²) in [6.07, 6.45) is 6.38. The SMILES string of the molecule is O[C@@H]1CCCC[C@H]1c1c[nH]c2ccccc12. The van der Waals surface area contributed by atoms with Gasteiger partial charge in [0.2, 0.25) is 0 Å². The molecule has 0 aliphatic heterocycles. The highest BCUT2D eigenvalue weighted by atomic mass is 16.3. The van der Waals surface area contributed by atoms with Gasteiger partial charge in [0.25, 0.3) is 0 Å². The molecule has 0 amide bonds. The van der Waals surface area contributed by atoms with Crippen LogP contribution in [0.4, 0.5) is 0 Å². The Bertz CT molecular complexity index is 488. The molecule has 2 atom stereocenters. The van der Waals surface area contributed by atoms with Crippen molar-refractivity contribution in [3.05, 3.63) is 36.0 Å². The Balaban J connectivity index is 2.04. The summed E-state index contributed by atoms with van der Waals surface area (Å²) in [5.74, 6) is 0.324. The Morgan fingerprint density at radius 3 is 2.81 bits per heavy atom. The highest BCUT2D eigenvalue weighted by molar-refractivity contribution is 5.83. The first-order valence-corrected chi connectivity index (χ1v) is 6.10. The van der Waals surface area contributed by atoms with Crippen molar-refractivity contribution in [1.29, 1.82) is 0 Å². The van der Waals surface area contributed by atoms with E-state index in [1.807, 2.05) is 6.07 Å². The molecule has 84 valence electrons. The minimum Gasteiger partial charge on any atom is -0.392 e. The lowest BCUT2D eigenvalue weighted by Crippen LogP contribution is -2.22. The quantitative estimate of drug-likeness (QED) is 0.753. The lowest BCUT2D eigenvalue weighted by molar-refractivity contribution is 0.107. The number of aliphatic hydroxyl groups is 1. The van der Waals surface area contributed by atoms with E-state index in [0.29, 0.717) is 5.92 Å². The molecule has 2 aromatic rings. The summed E-state index contributed by atoms with van der Waals surface area (Å²) >= 11 is 0. The van der Waals surface area contributed by atoms with Gasteiger partial charge in [0.1, 0.15) is 0 Å². The number of benzene rings is 1. The van der Waals surface area contributed by atoms with Crippen LogP contribution in [0.1, 0.15) is 37.2 Å². The van der Waals surface area contributed by atoms with E-state index in [1.54, 1.807) is 0 Å². The van der Waals surface area contributed by atoms with Crippen molar-refractivity contribution < 1.29 is 5.11 Å². The third-order valence-electron chi connectivity index (χ3n) is 3.75. The monoisotopic (exact) mass is 215 g/mol. The Morgan fingerprint density at radius 2 is 1.94 bits per heavy atom. The zero-order valence-electron chi connectivity index (χ0n) is 9.32. The highest BCUT2D eigenvalue weighted by Crippen LogP contribution is 2.36. The van der Waals surface area contributed by atoms with Crippen molar-refractivity contribution in [3.63, 3.8) is 0 Å². The number of aromatic amines is 1. The average molecular weight is 215 g/mol. The van der Waals surface area contributed by atoms with Crippen LogP contribution in [0.2, 0.25) is 0 Å². The van der Waals surface area contributed by atoms with Crippen LogP contribution in [0.25, 0.3) is 10.9 Å². The second-order valence-electron chi connectivity index (χ2n) is 4.75. The number of aliphatic hydroxyl groups excluding tert-OH is 1. The lowest BCUT2D eigenvalue weighted by Gasteiger charge is -2.27. The van der Waals surface area contributed by atoms with Gasteiger partial charge in [-0.05, 0) is 24.5 Å². The minimum absolute atomic E-state index is 0.159. The van der Waals surface area contributed by atoms with E-state index >= 15 is 0 Å². The zero-order valence-corrected chi connectivity index (χ0v) is 9.32. The number of fused-ring (bicyclic) bond motifs is 1. The second kappa shape index (κ2) is 3.95. The van der Waals surface area contributed by atoms with Crippen LogP contribution in [-0.2, 0) is 0 Å². The summed E-state index contributed by atoms with van der Waals surface area (Å²) in [4.78, 5) is 3.29. The van der Waals surface area contributed by atoms with Crippen LogP contribution in [-0.4, -0.2) is 16.2 Å². The average Bonchev–Trinajstić information content (AvgIpc) is 2.74. The molecule has 2 nitrogen and oxygen atoms in total. The molecule has 0 unspecified atom stereocenters. The topological polar surface area (TPSA) is 36.0 Å². The maximum atomic E-state index is 10.1. The van der Waals surface area contributed by atoms with E-state index < -0.39 is 0 Å². The van der Waals surface area contributed by atoms with Gasteiger partial charge in [0.15, 0.2) is 0 Å². The predicted molar refractivity (Wildman–Crippen MR) is 65.5 cm³/mol. The molecule has 1 aliphatic rings. The molecule has 1 aromatic carbocycles. The van der Waals surface area contributed by atoms with Gasteiger partial charge in [-0.15, -0.1) is 0 Å². The smallest absolute Gasteiger partial charge is 0.0609 e. The van der Waals surface area contributed by atoms with Crippen LogP contribution < -0.4 is 0 Å². The second-order valence-corrected chi connectivity index (χ2v) is 4.75. The van der Waals surface area contributed by atoms with Gasteiger partial charge >= 0.3 is 0 Å². The third-order valence-corrected chi connectivity index (χ3v) is 3.75. The standard InChI is InChI=1S/C14H17NO/c16-14-8-4-2-6-11(14)12-9-15-13-7-3-1-5-10(12)13/h1,3,5,7,9,11,14-16H,2,4,6,8H2/t11-,14+/m0/s1. The number of hydrogen-bond acceptors (Lipinski definition) is 1. The van der Waals surface area contributed by atoms with Crippen molar-refractivity contribution in [2.45, 2.75) is 37.7 Å². The molecule has 1 fully saturated rings. The highest BCUT2D eigenvalue weighted by Gasteiger charge is 2.26. The molecule has 0 radical (unpaired) electrons. The van der Waals surface area contributed by atoms with Crippen LogP contribution in [0.3, 0.4) is 0 Å². The molecule has 0 saturated heterocycles. The number of nitrogens with one attached hydrogen (secondary N) is 1. The molecule has 1 aliphatic carbocycles. The third kappa shape index (κ3) is 1.54. The number of aromatic nitrogens is 1. The Morgan fingerprint density at radius 1 is 1.12 bits per heavy atom. The summed E-state index contributed by atoms with van der Waals surface area (Å²) in [5, 5.41) is 11.4. The number of hydrogen-bond donors (Lipinski definition) is 2. The molecule has 16 heavy (non-hydrogen) atoms.